The molecule has 0 aliphatic carbocycles. The van der Waals surface area contributed by atoms with Gasteiger partial charge in [0.2, 0.25) is 5.91 Å². The monoisotopic (exact) mass is 480 g/mol. The van der Waals surface area contributed by atoms with E-state index in [4.69, 9.17) is 5.73 Å². The van der Waals surface area contributed by atoms with E-state index in [0.29, 0.717) is 6.54 Å². The molecule has 1 aliphatic rings. The van der Waals surface area contributed by atoms with Gasteiger partial charge in [-0.25, -0.2) is 4.39 Å². The van der Waals surface area contributed by atoms with Gasteiger partial charge in [-0.1, -0.05) is 30.3 Å². The highest BCUT2D eigenvalue weighted by Gasteiger charge is 2.42. The van der Waals surface area contributed by atoms with Gasteiger partial charge in [-0.3, -0.25) is 14.4 Å². The maximum absolute atomic E-state index is 13.3. The fraction of sp³-hybridized carbons (Fsp3) is 0.240. The summed E-state index contributed by atoms with van der Waals surface area (Å²) in [5, 5.41) is 4.74. The molecule has 0 radical (unpaired) electrons. The predicted molar refractivity (Wildman–Crippen MR) is 127 cm³/mol. The number of amides is 3. The number of benzene rings is 2. The lowest BCUT2D eigenvalue weighted by Crippen LogP contribution is -2.53. The summed E-state index contributed by atoms with van der Waals surface area (Å²) in [6.45, 7) is 1.05. The Kier molecular flexibility index (Phi) is 7.34. The van der Waals surface area contributed by atoms with Crippen LogP contribution in [0.2, 0.25) is 0 Å². The molecule has 1 atom stereocenters. The molecule has 34 heavy (non-hydrogen) atoms. The summed E-state index contributed by atoms with van der Waals surface area (Å²) in [7, 11) is 0. The predicted octanol–water partition coefficient (Wildman–Crippen LogP) is 2.52. The van der Waals surface area contributed by atoms with Crippen LogP contribution in [0.4, 0.5) is 4.39 Å². The molecule has 0 bridgehead atoms. The summed E-state index contributed by atoms with van der Waals surface area (Å²) >= 11 is 1.46. The van der Waals surface area contributed by atoms with Crippen LogP contribution in [0.1, 0.15) is 26.4 Å². The normalized spacial score (nSPS) is 15.4. The Balaban J connectivity index is 1.55. The average Bonchev–Trinajstić information content (AvgIpc) is 3.53. The lowest BCUT2D eigenvalue weighted by Gasteiger charge is -2.29. The van der Waals surface area contributed by atoms with E-state index in [2.05, 4.69) is 5.32 Å². The number of nitrogens with one attached hydrogen (secondary N) is 1. The van der Waals surface area contributed by atoms with Crippen molar-refractivity contribution in [1.29, 1.82) is 0 Å². The zero-order valence-corrected chi connectivity index (χ0v) is 19.3. The Morgan fingerprint density at radius 2 is 1.74 bits per heavy atom. The Morgan fingerprint density at radius 1 is 1.00 bits per heavy atom. The van der Waals surface area contributed by atoms with Gasteiger partial charge in [0.1, 0.15) is 5.82 Å². The summed E-state index contributed by atoms with van der Waals surface area (Å²) in [6, 6.07) is 16.4. The third-order valence-corrected chi connectivity index (χ3v) is 6.55. The van der Waals surface area contributed by atoms with E-state index in [0.717, 1.165) is 16.0 Å². The van der Waals surface area contributed by atoms with Crippen molar-refractivity contribution in [2.75, 3.05) is 13.1 Å². The number of hydrogen-bond acceptors (Lipinski definition) is 5. The Bertz CT molecular complexity index is 1170. The van der Waals surface area contributed by atoms with E-state index in [1.807, 2.05) is 41.8 Å². The Labute approximate surface area is 201 Å². The molecule has 2 aromatic carbocycles. The summed E-state index contributed by atoms with van der Waals surface area (Å²) in [5.41, 5.74) is 7.75. The maximum atomic E-state index is 13.3. The second-order valence-electron chi connectivity index (χ2n) is 7.96. The molecular formula is C25H25FN4O3S. The number of nitrogens with two attached hydrogens (primary N) is 1. The van der Waals surface area contributed by atoms with E-state index >= 15 is 0 Å². The standard InChI is InChI=1S/C25H25FN4O3S/c26-20-8-6-19(7-9-20)25(33)30-11-10-29(22(31)14-21-5-2-12-34-21)24(30)23(32)28-16-18-4-1-3-17(13-18)15-27/h1-9,12-13,24H,10-11,14-16,27H2,(H,28,32). The second-order valence-corrected chi connectivity index (χ2v) is 9.00. The van der Waals surface area contributed by atoms with Gasteiger partial charge >= 0.3 is 0 Å². The number of hydrogen-bond donors (Lipinski definition) is 2. The van der Waals surface area contributed by atoms with Crippen molar-refractivity contribution in [2.24, 2.45) is 5.73 Å². The summed E-state index contributed by atoms with van der Waals surface area (Å²) in [6.07, 6.45) is -0.943. The second kappa shape index (κ2) is 10.6. The van der Waals surface area contributed by atoms with Crippen molar-refractivity contribution >= 4 is 29.1 Å². The molecule has 0 saturated carbocycles. The van der Waals surface area contributed by atoms with Gasteiger partial charge in [-0.15, -0.1) is 11.3 Å². The number of thiophene rings is 1. The van der Waals surface area contributed by atoms with E-state index in [9.17, 15) is 18.8 Å². The van der Waals surface area contributed by atoms with E-state index in [-0.39, 0.29) is 37.5 Å². The van der Waals surface area contributed by atoms with Crippen molar-refractivity contribution in [3.63, 3.8) is 0 Å². The van der Waals surface area contributed by atoms with Crippen LogP contribution in [0.25, 0.3) is 0 Å². The van der Waals surface area contributed by atoms with Crippen LogP contribution in [0, 0.1) is 5.82 Å². The van der Waals surface area contributed by atoms with Crippen molar-refractivity contribution in [3.8, 4) is 0 Å². The lowest BCUT2D eigenvalue weighted by atomic mass is 10.1. The molecule has 1 aliphatic heterocycles. The molecule has 3 amide bonds. The van der Waals surface area contributed by atoms with Crippen LogP contribution >= 0.6 is 11.3 Å². The van der Waals surface area contributed by atoms with Crippen LogP contribution in [0.15, 0.2) is 66.0 Å². The third kappa shape index (κ3) is 5.32. The molecule has 7 nitrogen and oxygen atoms in total. The van der Waals surface area contributed by atoms with E-state index in [1.54, 1.807) is 0 Å². The largest absolute Gasteiger partial charge is 0.349 e. The zero-order chi connectivity index (χ0) is 24.1. The minimum Gasteiger partial charge on any atom is -0.349 e. The molecule has 3 aromatic rings. The molecule has 1 unspecified atom stereocenters. The summed E-state index contributed by atoms with van der Waals surface area (Å²) < 4.78 is 13.3. The molecule has 2 heterocycles. The van der Waals surface area contributed by atoms with Gasteiger partial charge in [-0.05, 0) is 46.8 Å². The first-order valence-electron chi connectivity index (χ1n) is 10.9. The fourth-order valence-corrected chi connectivity index (χ4v) is 4.65. The first kappa shape index (κ1) is 23.6. The molecule has 0 spiro atoms. The quantitative estimate of drug-likeness (QED) is 0.543. The van der Waals surface area contributed by atoms with Crippen LogP contribution in [-0.4, -0.2) is 46.8 Å². The smallest absolute Gasteiger partial charge is 0.264 e. The van der Waals surface area contributed by atoms with E-state index < -0.39 is 23.8 Å². The van der Waals surface area contributed by atoms with Crippen molar-refractivity contribution < 1.29 is 18.8 Å². The zero-order valence-electron chi connectivity index (χ0n) is 18.4. The molecular weight excluding hydrogens is 455 g/mol. The Morgan fingerprint density at radius 3 is 2.44 bits per heavy atom. The molecule has 1 saturated heterocycles. The number of carbonyl (C=O) groups is 3. The SMILES string of the molecule is NCc1cccc(CNC(=O)C2N(C(=O)Cc3cccs3)CCN2C(=O)c2ccc(F)cc2)c1. The van der Waals surface area contributed by atoms with Gasteiger partial charge in [0.25, 0.3) is 11.8 Å². The third-order valence-electron chi connectivity index (χ3n) is 5.68. The minimum atomic E-state index is -1.09. The van der Waals surface area contributed by atoms with Crippen molar-refractivity contribution in [2.45, 2.75) is 25.7 Å². The highest BCUT2D eigenvalue weighted by molar-refractivity contribution is 7.10. The topological polar surface area (TPSA) is 95.7 Å². The number of nitrogens with zero attached hydrogens (tertiary/aromatic N) is 2. The first-order chi connectivity index (χ1) is 16.5. The van der Waals surface area contributed by atoms with Crippen LogP contribution in [0.3, 0.4) is 0 Å². The van der Waals surface area contributed by atoms with Crippen LogP contribution < -0.4 is 11.1 Å². The van der Waals surface area contributed by atoms with Gasteiger partial charge in [0.05, 0.1) is 6.42 Å². The van der Waals surface area contributed by atoms with Crippen molar-refractivity contribution in [1.82, 2.24) is 15.1 Å². The molecule has 176 valence electrons. The summed E-state index contributed by atoms with van der Waals surface area (Å²) in [5.74, 6) is -1.58. The minimum absolute atomic E-state index is 0.151. The van der Waals surface area contributed by atoms with Gasteiger partial charge in [-0.2, -0.15) is 0 Å². The summed E-state index contributed by atoms with van der Waals surface area (Å²) in [4.78, 5) is 43.3. The molecule has 1 fully saturated rings. The number of carbonyl (C=O) groups excluding carboxylic acids is 3. The van der Waals surface area contributed by atoms with Crippen LogP contribution in [-0.2, 0) is 29.1 Å². The average molecular weight is 481 g/mol. The first-order valence-corrected chi connectivity index (χ1v) is 11.8. The molecule has 4 rings (SSSR count). The molecule has 9 heteroatoms. The molecule has 1 aromatic heterocycles. The molecule has 3 N–H and O–H groups in total. The van der Waals surface area contributed by atoms with Crippen molar-refractivity contribution in [3.05, 3.63) is 93.4 Å². The van der Waals surface area contributed by atoms with Gasteiger partial charge < -0.3 is 20.9 Å². The highest BCUT2D eigenvalue weighted by atomic mass is 32.1. The highest BCUT2D eigenvalue weighted by Crippen LogP contribution is 2.21. The van der Waals surface area contributed by atoms with E-state index in [1.165, 1.54) is 45.4 Å². The van der Waals surface area contributed by atoms with Gasteiger partial charge in [0.15, 0.2) is 6.17 Å². The fourth-order valence-electron chi connectivity index (χ4n) is 3.95. The number of halogens is 1. The Hall–Kier alpha value is -3.56. The number of rotatable bonds is 7. The lowest BCUT2D eigenvalue weighted by molar-refractivity contribution is -0.140. The van der Waals surface area contributed by atoms with Gasteiger partial charge in [0, 0.05) is 36.6 Å². The van der Waals surface area contributed by atoms with Crippen LogP contribution in [0.5, 0.6) is 0 Å². The maximum Gasteiger partial charge on any atom is 0.264 e.